The van der Waals surface area contributed by atoms with Crippen LogP contribution in [0, 0.1) is 0 Å². The summed E-state index contributed by atoms with van der Waals surface area (Å²) in [4.78, 5) is 26.7. The molecule has 1 saturated heterocycles. The monoisotopic (exact) mass is 457 g/mol. The van der Waals surface area contributed by atoms with E-state index in [1.807, 2.05) is 0 Å². The predicted octanol–water partition coefficient (Wildman–Crippen LogP) is 1.05. The van der Waals surface area contributed by atoms with Crippen LogP contribution in [-0.2, 0) is 13.5 Å². The minimum absolute atomic E-state index is 0.000728. The minimum atomic E-state index is -2.74. The molecule has 174 valence electrons. The molecule has 1 fully saturated rings. The molecule has 0 N–H and O–H groups in total. The summed E-state index contributed by atoms with van der Waals surface area (Å²) < 4.78 is 30.0. The summed E-state index contributed by atoms with van der Waals surface area (Å²) >= 11 is 0. The number of carbonyl (C=O) groups is 1. The standard InChI is InChI=1S/C22H24F2N6O3/c1-27-14-18(13-25-27)30-7-5-20(31)19(26-30)12-16-3-2-4-17(11-16)29(21(32)33)10-9-28-8-6-22(23,24)15-28/h2-5,7,11,13-14H,6,8-10,12,15H2,1H3,(H,32,33)/p-1. The van der Waals surface area contributed by atoms with Crippen LogP contribution in [0.1, 0.15) is 17.7 Å². The van der Waals surface area contributed by atoms with Gasteiger partial charge in [-0.15, -0.1) is 0 Å². The molecule has 2 aromatic heterocycles. The molecular weight excluding hydrogens is 434 g/mol. The first-order chi connectivity index (χ1) is 15.7. The highest BCUT2D eigenvalue weighted by Gasteiger charge is 2.37. The fourth-order valence-electron chi connectivity index (χ4n) is 3.83. The van der Waals surface area contributed by atoms with Crippen molar-refractivity contribution in [2.45, 2.75) is 18.8 Å². The third-order valence-electron chi connectivity index (χ3n) is 5.54. The first-order valence-corrected chi connectivity index (χ1v) is 10.5. The van der Waals surface area contributed by atoms with E-state index in [2.05, 4.69) is 10.2 Å². The fourth-order valence-corrected chi connectivity index (χ4v) is 3.83. The molecule has 0 bridgehead atoms. The van der Waals surface area contributed by atoms with Crippen LogP contribution in [-0.4, -0.2) is 62.7 Å². The lowest BCUT2D eigenvalue weighted by molar-refractivity contribution is -0.246. The topological polar surface area (TPSA) is 99.3 Å². The molecule has 0 aliphatic carbocycles. The van der Waals surface area contributed by atoms with E-state index in [0.29, 0.717) is 16.9 Å². The van der Waals surface area contributed by atoms with Crippen LogP contribution in [0.3, 0.4) is 0 Å². The summed E-state index contributed by atoms with van der Waals surface area (Å²) in [7, 11) is 1.77. The molecule has 3 heterocycles. The lowest BCUT2D eigenvalue weighted by Gasteiger charge is -2.28. The quantitative estimate of drug-likeness (QED) is 0.526. The van der Waals surface area contributed by atoms with Crippen molar-refractivity contribution in [1.29, 1.82) is 0 Å². The van der Waals surface area contributed by atoms with Crippen molar-refractivity contribution >= 4 is 11.8 Å². The third-order valence-corrected chi connectivity index (χ3v) is 5.54. The third kappa shape index (κ3) is 5.43. The predicted molar refractivity (Wildman–Crippen MR) is 115 cm³/mol. The van der Waals surface area contributed by atoms with Crippen molar-refractivity contribution in [3.8, 4) is 5.69 Å². The number of amides is 1. The van der Waals surface area contributed by atoms with E-state index in [-0.39, 0.29) is 50.1 Å². The van der Waals surface area contributed by atoms with Gasteiger partial charge < -0.3 is 14.8 Å². The highest BCUT2D eigenvalue weighted by Crippen LogP contribution is 2.26. The average Bonchev–Trinajstić information content (AvgIpc) is 3.34. The largest absolute Gasteiger partial charge is 0.530 e. The van der Waals surface area contributed by atoms with Gasteiger partial charge >= 0.3 is 0 Å². The van der Waals surface area contributed by atoms with Gasteiger partial charge in [-0.1, -0.05) is 12.1 Å². The number of hydrogen-bond acceptors (Lipinski definition) is 6. The van der Waals surface area contributed by atoms with Crippen LogP contribution in [0.25, 0.3) is 5.69 Å². The van der Waals surface area contributed by atoms with Gasteiger partial charge in [-0.05, 0) is 17.7 Å². The zero-order valence-corrected chi connectivity index (χ0v) is 18.0. The van der Waals surface area contributed by atoms with E-state index in [1.165, 1.54) is 11.0 Å². The Morgan fingerprint density at radius 3 is 2.79 bits per heavy atom. The number of alkyl halides is 2. The Balaban J connectivity index is 1.51. The number of aryl methyl sites for hydroxylation is 1. The summed E-state index contributed by atoms with van der Waals surface area (Å²) in [6.07, 6.45) is 3.47. The first kappa shape index (κ1) is 22.6. The second-order valence-electron chi connectivity index (χ2n) is 8.09. The number of carbonyl (C=O) groups excluding carboxylic acids is 1. The Labute approximate surface area is 188 Å². The molecule has 0 radical (unpaired) electrons. The highest BCUT2D eigenvalue weighted by molar-refractivity contribution is 5.84. The molecule has 0 atom stereocenters. The maximum atomic E-state index is 13.4. The number of benzene rings is 1. The molecule has 11 heteroatoms. The van der Waals surface area contributed by atoms with E-state index < -0.39 is 12.0 Å². The summed E-state index contributed by atoms with van der Waals surface area (Å²) in [6, 6.07) is 8.09. The number of likely N-dealkylation sites (tertiary alicyclic amines) is 1. The molecule has 4 rings (SSSR count). The molecule has 1 aliphatic rings. The van der Waals surface area contributed by atoms with Crippen molar-refractivity contribution < 1.29 is 18.7 Å². The fraction of sp³-hybridized carbons (Fsp3) is 0.364. The minimum Gasteiger partial charge on any atom is -0.530 e. The van der Waals surface area contributed by atoms with Crippen LogP contribution in [0.5, 0.6) is 0 Å². The van der Waals surface area contributed by atoms with E-state index in [0.717, 1.165) is 4.90 Å². The van der Waals surface area contributed by atoms with Crippen molar-refractivity contribution in [3.63, 3.8) is 0 Å². The zero-order chi connectivity index (χ0) is 23.6. The molecule has 1 aliphatic heterocycles. The first-order valence-electron chi connectivity index (χ1n) is 10.5. The second kappa shape index (κ2) is 9.10. The lowest BCUT2D eigenvalue weighted by atomic mass is 10.1. The summed E-state index contributed by atoms with van der Waals surface area (Å²) in [5, 5.41) is 20.2. The van der Waals surface area contributed by atoms with E-state index in [4.69, 9.17) is 0 Å². The number of halogens is 2. The van der Waals surface area contributed by atoms with Gasteiger partial charge in [-0.2, -0.15) is 10.2 Å². The van der Waals surface area contributed by atoms with Gasteiger partial charge in [0, 0.05) is 57.5 Å². The van der Waals surface area contributed by atoms with E-state index in [1.54, 1.807) is 59.3 Å². The van der Waals surface area contributed by atoms with Crippen LogP contribution in [0.2, 0.25) is 0 Å². The number of nitrogens with zero attached hydrogens (tertiary/aromatic N) is 6. The molecule has 3 aromatic rings. The molecule has 1 aromatic carbocycles. The Morgan fingerprint density at radius 1 is 1.30 bits per heavy atom. The lowest BCUT2D eigenvalue weighted by Crippen LogP contribution is -2.45. The van der Waals surface area contributed by atoms with Gasteiger partial charge in [-0.3, -0.25) is 14.4 Å². The summed E-state index contributed by atoms with van der Waals surface area (Å²) in [5.74, 6) is -2.74. The SMILES string of the molecule is Cn1cc(-n2ccc(=O)c(Cc3cccc(N(CCN4CCC(F)(F)C4)C(=O)[O-])c3)n2)cn1. The van der Waals surface area contributed by atoms with Crippen molar-refractivity contribution in [2.75, 3.05) is 31.1 Å². The maximum absolute atomic E-state index is 13.4. The van der Waals surface area contributed by atoms with E-state index >= 15 is 0 Å². The molecule has 0 unspecified atom stereocenters. The van der Waals surface area contributed by atoms with Gasteiger partial charge in [0.05, 0.1) is 18.9 Å². The van der Waals surface area contributed by atoms with Crippen LogP contribution in [0.4, 0.5) is 19.3 Å². The number of anilines is 1. The van der Waals surface area contributed by atoms with Crippen LogP contribution >= 0.6 is 0 Å². The van der Waals surface area contributed by atoms with Gasteiger partial charge in [0.2, 0.25) is 5.43 Å². The second-order valence-corrected chi connectivity index (χ2v) is 8.09. The van der Waals surface area contributed by atoms with Gasteiger partial charge in [0.25, 0.3) is 5.92 Å². The Morgan fingerprint density at radius 2 is 2.12 bits per heavy atom. The maximum Gasteiger partial charge on any atom is 0.261 e. The molecular formula is C22H23F2N6O3-. The highest BCUT2D eigenvalue weighted by atomic mass is 19.3. The Bertz CT molecular complexity index is 1210. The number of rotatable bonds is 7. The Kier molecular flexibility index (Phi) is 6.23. The number of carboxylic acid groups (broad SMARTS) is 1. The van der Waals surface area contributed by atoms with Gasteiger partial charge in [0.15, 0.2) is 0 Å². The zero-order valence-electron chi connectivity index (χ0n) is 18.0. The van der Waals surface area contributed by atoms with Crippen LogP contribution < -0.4 is 15.4 Å². The number of aromatic nitrogens is 4. The summed E-state index contributed by atoms with van der Waals surface area (Å²) in [5.41, 5.74) is 1.77. The van der Waals surface area contributed by atoms with Crippen molar-refractivity contribution in [3.05, 3.63) is 70.4 Å². The Hall–Kier alpha value is -3.60. The molecule has 0 saturated carbocycles. The van der Waals surface area contributed by atoms with Gasteiger partial charge in [0.1, 0.15) is 17.5 Å². The van der Waals surface area contributed by atoms with Gasteiger partial charge in [-0.25, -0.2) is 13.5 Å². The smallest absolute Gasteiger partial charge is 0.261 e. The molecule has 1 amide bonds. The molecule has 9 nitrogen and oxygen atoms in total. The average molecular weight is 457 g/mol. The molecule has 33 heavy (non-hydrogen) atoms. The summed E-state index contributed by atoms with van der Waals surface area (Å²) in [6.45, 7) is 0.0107. The van der Waals surface area contributed by atoms with Crippen LogP contribution in [0.15, 0.2) is 53.7 Å². The number of hydrogen-bond donors (Lipinski definition) is 0. The van der Waals surface area contributed by atoms with E-state index in [9.17, 15) is 23.5 Å². The normalized spacial score (nSPS) is 15.6. The molecule has 0 spiro atoms. The van der Waals surface area contributed by atoms with Crippen molar-refractivity contribution in [2.24, 2.45) is 7.05 Å². The van der Waals surface area contributed by atoms with Crippen molar-refractivity contribution in [1.82, 2.24) is 24.5 Å².